The van der Waals surface area contributed by atoms with E-state index in [0.717, 1.165) is 5.57 Å². The first-order valence-electron chi connectivity index (χ1n) is 4.72. The van der Waals surface area contributed by atoms with Crippen molar-refractivity contribution in [1.82, 2.24) is 0 Å². The Morgan fingerprint density at radius 2 is 1.71 bits per heavy atom. The van der Waals surface area contributed by atoms with Crippen LogP contribution in [0.4, 0.5) is 0 Å². The van der Waals surface area contributed by atoms with Gasteiger partial charge in [-0.3, -0.25) is 0 Å². The molecular formula is C14H12. The van der Waals surface area contributed by atoms with Gasteiger partial charge in [0.2, 0.25) is 0 Å². The summed E-state index contributed by atoms with van der Waals surface area (Å²) in [7, 11) is 0. The minimum absolute atomic E-state index is 0.342. The van der Waals surface area contributed by atoms with Crippen molar-refractivity contribution in [1.29, 1.82) is 0 Å². The predicted molar refractivity (Wildman–Crippen MR) is 60.8 cm³/mol. The lowest BCUT2D eigenvalue weighted by molar-refractivity contribution is 1.12. The molecule has 0 bridgehead atoms. The van der Waals surface area contributed by atoms with Gasteiger partial charge >= 0.3 is 0 Å². The van der Waals surface area contributed by atoms with Crippen LogP contribution >= 0.6 is 0 Å². The lowest BCUT2D eigenvalue weighted by atomic mass is 9.94. The fourth-order valence-electron chi connectivity index (χ4n) is 1.65. The van der Waals surface area contributed by atoms with Gasteiger partial charge in [0.05, 0.1) is 0 Å². The van der Waals surface area contributed by atoms with E-state index in [1.165, 1.54) is 5.56 Å². The van der Waals surface area contributed by atoms with Crippen molar-refractivity contribution in [2.45, 2.75) is 0 Å². The SMILES string of the molecule is C=C=C(c1ccccc1)C1C=CC=C1. The molecule has 68 valence electrons. The van der Waals surface area contributed by atoms with Gasteiger partial charge in [-0.15, -0.1) is 5.73 Å². The molecule has 0 heterocycles. The maximum atomic E-state index is 3.75. The first-order chi connectivity index (χ1) is 6.92. The molecule has 0 atom stereocenters. The highest BCUT2D eigenvalue weighted by Crippen LogP contribution is 2.26. The molecule has 0 saturated heterocycles. The molecule has 0 spiro atoms. The van der Waals surface area contributed by atoms with E-state index >= 15 is 0 Å². The number of hydrogen-bond donors (Lipinski definition) is 0. The summed E-state index contributed by atoms with van der Waals surface area (Å²) in [5.74, 6) is 0.342. The standard InChI is InChI=1S/C14H12/c1-2-14(13-10-6-7-11-13)12-8-4-3-5-9-12/h3-11,13H,1H2. The molecule has 1 aliphatic carbocycles. The van der Waals surface area contributed by atoms with E-state index in [0.29, 0.717) is 5.92 Å². The normalized spacial score (nSPS) is 14.3. The lowest BCUT2D eigenvalue weighted by Crippen LogP contribution is -1.93. The molecule has 0 amide bonds. The highest BCUT2D eigenvalue weighted by atomic mass is 14.1. The first kappa shape index (κ1) is 8.80. The maximum Gasteiger partial charge on any atom is 0.0284 e. The van der Waals surface area contributed by atoms with Gasteiger partial charge in [0.25, 0.3) is 0 Å². The van der Waals surface area contributed by atoms with Crippen LogP contribution in [-0.4, -0.2) is 0 Å². The smallest absolute Gasteiger partial charge is 0.0284 e. The fourth-order valence-corrected chi connectivity index (χ4v) is 1.65. The molecular weight excluding hydrogens is 168 g/mol. The number of rotatable bonds is 2. The summed E-state index contributed by atoms with van der Waals surface area (Å²) in [4.78, 5) is 0. The second kappa shape index (κ2) is 3.95. The van der Waals surface area contributed by atoms with Crippen LogP contribution in [0.2, 0.25) is 0 Å². The Kier molecular flexibility index (Phi) is 2.48. The van der Waals surface area contributed by atoms with Crippen LogP contribution in [0.5, 0.6) is 0 Å². The van der Waals surface area contributed by atoms with Crippen molar-refractivity contribution in [3.63, 3.8) is 0 Å². The minimum atomic E-state index is 0.342. The van der Waals surface area contributed by atoms with Gasteiger partial charge in [0, 0.05) is 11.5 Å². The average Bonchev–Trinajstić information content (AvgIpc) is 2.74. The molecule has 0 saturated carbocycles. The van der Waals surface area contributed by atoms with Crippen LogP contribution in [0.1, 0.15) is 5.56 Å². The summed E-state index contributed by atoms with van der Waals surface area (Å²) in [5, 5.41) is 0. The number of allylic oxidation sites excluding steroid dienone is 5. The van der Waals surface area contributed by atoms with Gasteiger partial charge in [-0.2, -0.15) is 0 Å². The zero-order chi connectivity index (χ0) is 9.80. The van der Waals surface area contributed by atoms with Gasteiger partial charge in [-0.1, -0.05) is 61.2 Å². The van der Waals surface area contributed by atoms with E-state index in [4.69, 9.17) is 0 Å². The Bertz CT molecular complexity index is 403. The third kappa shape index (κ3) is 1.61. The Hall–Kier alpha value is -1.78. The van der Waals surface area contributed by atoms with Gasteiger partial charge in [0.1, 0.15) is 0 Å². The molecule has 0 heteroatoms. The Balaban J connectivity index is 2.37. The highest BCUT2D eigenvalue weighted by Gasteiger charge is 2.10. The Morgan fingerprint density at radius 1 is 1.07 bits per heavy atom. The predicted octanol–water partition coefficient (Wildman–Crippen LogP) is 3.60. The second-order valence-corrected chi connectivity index (χ2v) is 3.25. The van der Waals surface area contributed by atoms with Gasteiger partial charge in [0.15, 0.2) is 0 Å². The fraction of sp³-hybridized carbons (Fsp3) is 0.0714. The van der Waals surface area contributed by atoms with E-state index in [1.807, 2.05) is 18.2 Å². The van der Waals surface area contributed by atoms with E-state index in [9.17, 15) is 0 Å². The second-order valence-electron chi connectivity index (χ2n) is 3.25. The monoisotopic (exact) mass is 180 g/mol. The quantitative estimate of drug-likeness (QED) is 0.610. The van der Waals surface area contributed by atoms with Crippen molar-refractivity contribution in [3.8, 4) is 0 Å². The van der Waals surface area contributed by atoms with Gasteiger partial charge in [-0.25, -0.2) is 0 Å². The highest BCUT2D eigenvalue weighted by molar-refractivity contribution is 5.70. The first-order valence-corrected chi connectivity index (χ1v) is 4.72. The molecule has 1 aromatic carbocycles. The van der Waals surface area contributed by atoms with E-state index in [2.05, 4.69) is 48.7 Å². The van der Waals surface area contributed by atoms with Crippen LogP contribution in [0, 0.1) is 5.92 Å². The van der Waals surface area contributed by atoms with E-state index < -0.39 is 0 Å². The number of benzene rings is 1. The molecule has 0 nitrogen and oxygen atoms in total. The van der Waals surface area contributed by atoms with Gasteiger partial charge in [-0.05, 0) is 5.56 Å². The topological polar surface area (TPSA) is 0 Å². The molecule has 2 rings (SSSR count). The average molecular weight is 180 g/mol. The summed E-state index contributed by atoms with van der Waals surface area (Å²) in [6.45, 7) is 3.75. The van der Waals surface area contributed by atoms with Crippen LogP contribution in [0.15, 0.2) is 66.9 Å². The lowest BCUT2D eigenvalue weighted by Gasteiger charge is -2.08. The minimum Gasteiger partial charge on any atom is -0.124 e. The summed E-state index contributed by atoms with van der Waals surface area (Å²) < 4.78 is 0. The van der Waals surface area contributed by atoms with E-state index in [1.54, 1.807) is 0 Å². The summed E-state index contributed by atoms with van der Waals surface area (Å²) in [6, 6.07) is 10.3. The summed E-state index contributed by atoms with van der Waals surface area (Å²) in [5.41, 5.74) is 5.37. The molecule has 0 unspecified atom stereocenters. The third-order valence-electron chi connectivity index (χ3n) is 2.36. The largest absolute Gasteiger partial charge is 0.124 e. The van der Waals surface area contributed by atoms with Crippen LogP contribution in [-0.2, 0) is 0 Å². The summed E-state index contributed by atoms with van der Waals surface area (Å²) in [6.07, 6.45) is 8.43. The Labute approximate surface area is 84.6 Å². The van der Waals surface area contributed by atoms with Crippen molar-refractivity contribution in [2.75, 3.05) is 0 Å². The van der Waals surface area contributed by atoms with Crippen molar-refractivity contribution < 1.29 is 0 Å². The maximum absolute atomic E-state index is 3.75. The third-order valence-corrected chi connectivity index (χ3v) is 2.36. The molecule has 0 fully saturated rings. The molecule has 0 aromatic heterocycles. The zero-order valence-electron chi connectivity index (χ0n) is 7.98. The zero-order valence-corrected chi connectivity index (χ0v) is 7.98. The molecule has 0 aliphatic heterocycles. The van der Waals surface area contributed by atoms with Crippen LogP contribution in [0.3, 0.4) is 0 Å². The van der Waals surface area contributed by atoms with Crippen LogP contribution < -0.4 is 0 Å². The summed E-state index contributed by atoms with van der Waals surface area (Å²) >= 11 is 0. The molecule has 1 aliphatic rings. The molecule has 0 N–H and O–H groups in total. The molecule has 0 radical (unpaired) electrons. The molecule has 1 aromatic rings. The number of hydrogen-bond acceptors (Lipinski definition) is 0. The van der Waals surface area contributed by atoms with Crippen molar-refractivity contribution >= 4 is 5.57 Å². The van der Waals surface area contributed by atoms with Crippen molar-refractivity contribution in [2.24, 2.45) is 5.92 Å². The van der Waals surface area contributed by atoms with Crippen molar-refractivity contribution in [3.05, 3.63) is 72.5 Å². The van der Waals surface area contributed by atoms with Crippen LogP contribution in [0.25, 0.3) is 5.57 Å². The van der Waals surface area contributed by atoms with Gasteiger partial charge < -0.3 is 0 Å². The van der Waals surface area contributed by atoms with E-state index in [-0.39, 0.29) is 0 Å². The molecule has 14 heavy (non-hydrogen) atoms. The Morgan fingerprint density at radius 3 is 2.29 bits per heavy atom.